The summed E-state index contributed by atoms with van der Waals surface area (Å²) in [7, 11) is 0. The Kier molecular flexibility index (Phi) is 5.46. The highest BCUT2D eigenvalue weighted by Crippen LogP contribution is 2.18. The molecule has 0 aliphatic rings. The summed E-state index contributed by atoms with van der Waals surface area (Å²) >= 11 is 3.31. The molecule has 0 amide bonds. The highest BCUT2D eigenvalue weighted by atomic mass is 32.2. The third-order valence-electron chi connectivity index (χ3n) is 1.58. The number of hydrogen-bond acceptors (Lipinski definition) is 4. The van der Waals surface area contributed by atoms with Crippen LogP contribution in [0.1, 0.15) is 11.0 Å². The predicted octanol–water partition coefficient (Wildman–Crippen LogP) is 2.16. The van der Waals surface area contributed by atoms with E-state index in [0.29, 0.717) is 13.2 Å². The van der Waals surface area contributed by atoms with Crippen molar-refractivity contribution in [3.63, 3.8) is 0 Å². The number of ether oxygens (including phenoxy) is 1. The normalized spacial score (nSPS) is 13.1. The van der Waals surface area contributed by atoms with Crippen LogP contribution in [0.2, 0.25) is 0 Å². The molecule has 0 aliphatic heterocycles. The van der Waals surface area contributed by atoms with Gasteiger partial charge in [0.15, 0.2) is 0 Å². The summed E-state index contributed by atoms with van der Waals surface area (Å²) in [5, 5.41) is 11.5. The van der Waals surface area contributed by atoms with Crippen LogP contribution in [0, 0.1) is 0 Å². The van der Waals surface area contributed by atoms with E-state index in [-0.39, 0.29) is 0 Å². The molecule has 1 unspecified atom stereocenters. The average Bonchev–Trinajstić information content (AvgIpc) is 2.65. The van der Waals surface area contributed by atoms with E-state index in [9.17, 15) is 5.11 Å². The van der Waals surface area contributed by atoms with Gasteiger partial charge in [-0.25, -0.2) is 0 Å². The molecule has 2 nitrogen and oxygen atoms in total. The zero-order chi connectivity index (χ0) is 9.52. The van der Waals surface area contributed by atoms with Crippen LogP contribution in [0.3, 0.4) is 0 Å². The van der Waals surface area contributed by atoms with E-state index < -0.39 is 6.10 Å². The molecule has 0 saturated carbocycles. The van der Waals surface area contributed by atoms with Gasteiger partial charge in [-0.15, -0.1) is 11.3 Å². The molecule has 0 fully saturated rings. The third kappa shape index (κ3) is 4.13. The Balaban J connectivity index is 2.15. The second kappa shape index (κ2) is 6.43. The van der Waals surface area contributed by atoms with Crippen molar-refractivity contribution in [1.82, 2.24) is 0 Å². The number of aliphatic hydroxyl groups is 1. The van der Waals surface area contributed by atoms with Gasteiger partial charge in [-0.1, -0.05) is 6.07 Å². The van der Waals surface area contributed by atoms with Gasteiger partial charge in [0.1, 0.15) is 6.10 Å². The summed E-state index contributed by atoms with van der Waals surface area (Å²) in [5.74, 6) is 0.983. The largest absolute Gasteiger partial charge is 0.385 e. The maximum absolute atomic E-state index is 9.59. The van der Waals surface area contributed by atoms with Crippen molar-refractivity contribution in [2.75, 3.05) is 25.2 Å². The Labute approximate surface area is 86.9 Å². The zero-order valence-corrected chi connectivity index (χ0v) is 9.24. The summed E-state index contributed by atoms with van der Waals surface area (Å²) in [6.07, 6.45) is 1.58. The molecule has 4 heteroatoms. The van der Waals surface area contributed by atoms with E-state index in [4.69, 9.17) is 4.74 Å². The van der Waals surface area contributed by atoms with Crippen LogP contribution in [-0.2, 0) is 4.74 Å². The molecule has 0 aliphatic carbocycles. The lowest BCUT2D eigenvalue weighted by molar-refractivity contribution is 0.0451. The second-order valence-corrected chi connectivity index (χ2v) is 4.56. The number of thiophene rings is 1. The maximum atomic E-state index is 9.59. The van der Waals surface area contributed by atoms with Crippen LogP contribution >= 0.6 is 23.1 Å². The van der Waals surface area contributed by atoms with Crippen molar-refractivity contribution < 1.29 is 9.84 Å². The van der Waals surface area contributed by atoms with Gasteiger partial charge >= 0.3 is 0 Å². The smallest absolute Gasteiger partial charge is 0.111 e. The van der Waals surface area contributed by atoms with Gasteiger partial charge in [-0.2, -0.15) is 11.8 Å². The molecular weight excluding hydrogens is 204 g/mol. The van der Waals surface area contributed by atoms with Crippen molar-refractivity contribution in [2.45, 2.75) is 6.10 Å². The minimum absolute atomic E-state index is 0.404. The quantitative estimate of drug-likeness (QED) is 0.742. The van der Waals surface area contributed by atoms with Crippen molar-refractivity contribution in [3.8, 4) is 0 Å². The molecule has 1 aromatic rings. The van der Waals surface area contributed by atoms with Crippen LogP contribution in [0.15, 0.2) is 17.5 Å². The van der Waals surface area contributed by atoms with E-state index in [1.54, 1.807) is 23.1 Å². The first-order chi connectivity index (χ1) is 6.34. The lowest BCUT2D eigenvalue weighted by atomic mass is 10.3. The second-order valence-electron chi connectivity index (χ2n) is 2.60. The van der Waals surface area contributed by atoms with Crippen molar-refractivity contribution >= 4 is 23.1 Å². The molecule has 0 aromatic carbocycles. The van der Waals surface area contributed by atoms with Crippen molar-refractivity contribution in [1.29, 1.82) is 0 Å². The van der Waals surface area contributed by atoms with E-state index in [0.717, 1.165) is 10.6 Å². The van der Waals surface area contributed by atoms with Gasteiger partial charge in [-0.3, -0.25) is 0 Å². The number of thioether (sulfide) groups is 1. The highest BCUT2D eigenvalue weighted by molar-refractivity contribution is 7.98. The number of aliphatic hydroxyl groups excluding tert-OH is 1. The Morgan fingerprint density at radius 3 is 3.15 bits per heavy atom. The van der Waals surface area contributed by atoms with Gasteiger partial charge < -0.3 is 9.84 Å². The summed E-state index contributed by atoms with van der Waals surface area (Å²) < 4.78 is 5.30. The van der Waals surface area contributed by atoms with Crippen LogP contribution in [-0.4, -0.2) is 30.3 Å². The van der Waals surface area contributed by atoms with Crippen LogP contribution < -0.4 is 0 Å². The fraction of sp³-hybridized carbons (Fsp3) is 0.556. The highest BCUT2D eigenvalue weighted by Gasteiger charge is 2.07. The van der Waals surface area contributed by atoms with E-state index in [1.807, 2.05) is 23.8 Å². The molecule has 13 heavy (non-hydrogen) atoms. The summed E-state index contributed by atoms with van der Waals surface area (Å²) in [6, 6.07) is 3.86. The van der Waals surface area contributed by atoms with E-state index in [2.05, 4.69) is 0 Å². The maximum Gasteiger partial charge on any atom is 0.111 e. The van der Waals surface area contributed by atoms with Crippen molar-refractivity contribution in [3.05, 3.63) is 22.4 Å². The molecular formula is C9H14O2S2. The fourth-order valence-corrected chi connectivity index (χ4v) is 1.88. The Morgan fingerprint density at radius 2 is 2.54 bits per heavy atom. The summed E-state index contributed by atoms with van der Waals surface area (Å²) in [4.78, 5) is 0.976. The van der Waals surface area contributed by atoms with Crippen LogP contribution in [0.4, 0.5) is 0 Å². The van der Waals surface area contributed by atoms with Crippen molar-refractivity contribution in [2.24, 2.45) is 0 Å². The molecule has 0 spiro atoms. The van der Waals surface area contributed by atoms with E-state index in [1.165, 1.54) is 0 Å². The molecule has 1 atom stereocenters. The first-order valence-electron chi connectivity index (χ1n) is 4.12. The average molecular weight is 218 g/mol. The minimum atomic E-state index is -0.457. The predicted molar refractivity (Wildman–Crippen MR) is 58.5 cm³/mol. The molecule has 74 valence electrons. The molecule has 0 bridgehead atoms. The van der Waals surface area contributed by atoms with Crippen LogP contribution in [0.5, 0.6) is 0 Å². The fourth-order valence-electron chi connectivity index (χ4n) is 0.900. The minimum Gasteiger partial charge on any atom is -0.385 e. The first kappa shape index (κ1) is 11.0. The topological polar surface area (TPSA) is 29.5 Å². The van der Waals surface area contributed by atoms with Gasteiger partial charge in [-0.05, 0) is 17.7 Å². The molecule has 1 heterocycles. The van der Waals surface area contributed by atoms with Gasteiger partial charge in [0.25, 0.3) is 0 Å². The Hall–Kier alpha value is -0.0300. The van der Waals surface area contributed by atoms with Gasteiger partial charge in [0.05, 0.1) is 13.2 Å². The number of hydrogen-bond donors (Lipinski definition) is 1. The van der Waals surface area contributed by atoms with Crippen LogP contribution in [0.25, 0.3) is 0 Å². The Bertz CT molecular complexity index is 211. The Morgan fingerprint density at radius 1 is 1.69 bits per heavy atom. The summed E-state index contributed by atoms with van der Waals surface area (Å²) in [5.41, 5.74) is 0. The van der Waals surface area contributed by atoms with Gasteiger partial charge in [0.2, 0.25) is 0 Å². The SMILES string of the molecule is CSCCOCC(O)c1cccs1. The lowest BCUT2D eigenvalue weighted by Gasteiger charge is -2.08. The van der Waals surface area contributed by atoms with E-state index >= 15 is 0 Å². The lowest BCUT2D eigenvalue weighted by Crippen LogP contribution is -2.07. The summed E-state index contributed by atoms with van der Waals surface area (Å²) in [6.45, 7) is 1.12. The molecule has 1 aromatic heterocycles. The molecule has 1 rings (SSSR count). The zero-order valence-electron chi connectivity index (χ0n) is 7.60. The third-order valence-corrected chi connectivity index (χ3v) is 3.13. The first-order valence-corrected chi connectivity index (χ1v) is 6.40. The molecule has 0 saturated heterocycles. The van der Waals surface area contributed by atoms with Gasteiger partial charge in [0, 0.05) is 10.6 Å². The number of rotatable bonds is 6. The monoisotopic (exact) mass is 218 g/mol. The molecule has 0 radical (unpaired) electrons. The molecule has 1 N–H and O–H groups in total. The standard InChI is InChI=1S/C9H14O2S2/c1-12-6-4-11-7-8(10)9-3-2-5-13-9/h2-3,5,8,10H,4,6-7H2,1H3.